The third-order valence-electron chi connectivity index (χ3n) is 4.90. The minimum Gasteiger partial charge on any atom is -0.330 e. The maximum absolute atomic E-state index is 6.10. The van der Waals surface area contributed by atoms with E-state index < -0.39 is 0 Å². The number of nitrogens with zero attached hydrogens (tertiary/aromatic N) is 2. The first kappa shape index (κ1) is 14.6. The Hall–Kier alpha value is -1.35. The van der Waals surface area contributed by atoms with Gasteiger partial charge in [0.2, 0.25) is 0 Å². The summed E-state index contributed by atoms with van der Waals surface area (Å²) in [6.07, 6.45) is 8.71. The third-order valence-corrected chi connectivity index (χ3v) is 4.90. The molecule has 1 heterocycles. The average molecular weight is 285 g/mol. The predicted octanol–water partition coefficient (Wildman–Crippen LogP) is 4.07. The van der Waals surface area contributed by atoms with Crippen molar-refractivity contribution in [1.82, 2.24) is 9.55 Å². The number of para-hydroxylation sites is 2. The molecule has 0 amide bonds. The Kier molecular flexibility index (Phi) is 4.59. The molecule has 1 aliphatic carbocycles. The first-order valence-corrected chi connectivity index (χ1v) is 8.51. The Morgan fingerprint density at radius 3 is 2.81 bits per heavy atom. The summed E-state index contributed by atoms with van der Waals surface area (Å²) < 4.78 is 2.53. The number of hydrogen-bond acceptors (Lipinski definition) is 2. The normalized spacial score (nSPS) is 23.3. The highest BCUT2D eigenvalue weighted by Crippen LogP contribution is 2.35. The highest BCUT2D eigenvalue weighted by molar-refractivity contribution is 5.76. The summed E-state index contributed by atoms with van der Waals surface area (Å²) in [5.74, 6) is 1.85. The highest BCUT2D eigenvalue weighted by atomic mass is 15.1. The molecule has 2 N–H and O–H groups in total. The van der Waals surface area contributed by atoms with Crippen molar-refractivity contribution in [2.24, 2.45) is 11.7 Å². The van der Waals surface area contributed by atoms with Crippen LogP contribution in [0.2, 0.25) is 0 Å². The zero-order valence-corrected chi connectivity index (χ0v) is 13.1. The molecule has 0 bridgehead atoms. The van der Waals surface area contributed by atoms with Crippen molar-refractivity contribution < 1.29 is 0 Å². The van der Waals surface area contributed by atoms with Crippen molar-refractivity contribution in [3.05, 3.63) is 30.1 Å². The maximum atomic E-state index is 6.10. The second-order valence-corrected chi connectivity index (χ2v) is 6.34. The molecular formula is C18H27N3. The molecule has 2 aromatic rings. The van der Waals surface area contributed by atoms with E-state index in [2.05, 4.69) is 35.8 Å². The van der Waals surface area contributed by atoms with Crippen LogP contribution in [0.25, 0.3) is 11.0 Å². The van der Waals surface area contributed by atoms with Crippen LogP contribution in [0.4, 0.5) is 0 Å². The quantitative estimate of drug-likeness (QED) is 0.861. The van der Waals surface area contributed by atoms with Gasteiger partial charge >= 0.3 is 0 Å². The van der Waals surface area contributed by atoms with E-state index >= 15 is 0 Å². The topological polar surface area (TPSA) is 43.8 Å². The average Bonchev–Trinajstić information content (AvgIpc) is 2.70. The molecule has 114 valence electrons. The SMILES string of the molecule is CCCc1nc2ccccc2n1C1CCCCCC1CN. The van der Waals surface area contributed by atoms with E-state index in [0.717, 1.165) is 24.9 Å². The van der Waals surface area contributed by atoms with Gasteiger partial charge in [0.05, 0.1) is 11.0 Å². The van der Waals surface area contributed by atoms with Gasteiger partial charge in [-0.15, -0.1) is 0 Å². The summed E-state index contributed by atoms with van der Waals surface area (Å²) in [5.41, 5.74) is 8.54. The number of aromatic nitrogens is 2. The number of benzene rings is 1. The van der Waals surface area contributed by atoms with Crippen LogP contribution in [0.3, 0.4) is 0 Å². The van der Waals surface area contributed by atoms with Crippen molar-refractivity contribution in [3.8, 4) is 0 Å². The van der Waals surface area contributed by atoms with Gasteiger partial charge in [-0.05, 0) is 43.9 Å². The van der Waals surface area contributed by atoms with Gasteiger partial charge in [0, 0.05) is 12.5 Å². The van der Waals surface area contributed by atoms with E-state index in [9.17, 15) is 0 Å². The molecule has 21 heavy (non-hydrogen) atoms. The lowest BCUT2D eigenvalue weighted by atomic mass is 9.94. The first-order chi connectivity index (χ1) is 10.3. The molecule has 0 spiro atoms. The van der Waals surface area contributed by atoms with Gasteiger partial charge in [-0.1, -0.05) is 38.3 Å². The van der Waals surface area contributed by atoms with Crippen molar-refractivity contribution in [2.45, 2.75) is 57.9 Å². The Balaban J connectivity index is 2.09. The van der Waals surface area contributed by atoms with E-state index in [-0.39, 0.29) is 0 Å². The van der Waals surface area contributed by atoms with Crippen LogP contribution < -0.4 is 5.73 Å². The van der Waals surface area contributed by atoms with Crippen LogP contribution >= 0.6 is 0 Å². The van der Waals surface area contributed by atoms with Crippen LogP contribution in [-0.2, 0) is 6.42 Å². The van der Waals surface area contributed by atoms with Crippen LogP contribution in [0, 0.1) is 5.92 Å². The smallest absolute Gasteiger partial charge is 0.110 e. The molecule has 0 aliphatic heterocycles. The second-order valence-electron chi connectivity index (χ2n) is 6.34. The Morgan fingerprint density at radius 1 is 1.19 bits per heavy atom. The van der Waals surface area contributed by atoms with E-state index in [1.165, 1.54) is 43.4 Å². The van der Waals surface area contributed by atoms with E-state index in [4.69, 9.17) is 10.7 Å². The summed E-state index contributed by atoms with van der Waals surface area (Å²) in [7, 11) is 0. The molecule has 1 aliphatic rings. The maximum Gasteiger partial charge on any atom is 0.110 e. The number of fused-ring (bicyclic) bond motifs is 1. The van der Waals surface area contributed by atoms with Gasteiger partial charge in [0.25, 0.3) is 0 Å². The van der Waals surface area contributed by atoms with Crippen molar-refractivity contribution in [3.63, 3.8) is 0 Å². The Bertz CT molecular complexity index is 587. The number of imidazole rings is 1. The minimum absolute atomic E-state index is 0.534. The lowest BCUT2D eigenvalue weighted by Gasteiger charge is -2.27. The van der Waals surface area contributed by atoms with Gasteiger partial charge in [-0.3, -0.25) is 0 Å². The molecule has 1 fully saturated rings. The van der Waals surface area contributed by atoms with Gasteiger partial charge in [-0.25, -0.2) is 4.98 Å². The fourth-order valence-electron chi connectivity index (χ4n) is 3.84. The molecule has 1 aromatic carbocycles. The minimum atomic E-state index is 0.534. The summed E-state index contributed by atoms with van der Waals surface area (Å²) in [4.78, 5) is 4.90. The largest absolute Gasteiger partial charge is 0.330 e. The molecule has 3 heteroatoms. The fourth-order valence-corrected chi connectivity index (χ4v) is 3.84. The van der Waals surface area contributed by atoms with Gasteiger partial charge in [0.1, 0.15) is 5.82 Å². The van der Waals surface area contributed by atoms with Gasteiger partial charge in [0.15, 0.2) is 0 Å². The Morgan fingerprint density at radius 2 is 2.00 bits per heavy atom. The van der Waals surface area contributed by atoms with E-state index in [1.54, 1.807) is 0 Å². The summed E-state index contributed by atoms with van der Waals surface area (Å²) in [6.45, 7) is 3.03. The lowest BCUT2D eigenvalue weighted by molar-refractivity contribution is 0.316. The molecule has 2 unspecified atom stereocenters. The third kappa shape index (κ3) is 2.84. The van der Waals surface area contributed by atoms with Crippen LogP contribution in [0.1, 0.15) is 57.3 Å². The highest BCUT2D eigenvalue weighted by Gasteiger charge is 2.27. The van der Waals surface area contributed by atoms with Crippen molar-refractivity contribution >= 4 is 11.0 Å². The van der Waals surface area contributed by atoms with Crippen molar-refractivity contribution in [2.75, 3.05) is 6.54 Å². The molecule has 3 nitrogen and oxygen atoms in total. The van der Waals surface area contributed by atoms with Crippen molar-refractivity contribution in [1.29, 1.82) is 0 Å². The van der Waals surface area contributed by atoms with Crippen LogP contribution in [-0.4, -0.2) is 16.1 Å². The fraction of sp³-hybridized carbons (Fsp3) is 0.611. The number of hydrogen-bond donors (Lipinski definition) is 1. The summed E-state index contributed by atoms with van der Waals surface area (Å²) >= 11 is 0. The molecule has 2 atom stereocenters. The van der Waals surface area contributed by atoms with Gasteiger partial charge in [-0.2, -0.15) is 0 Å². The number of aryl methyl sites for hydroxylation is 1. The standard InChI is InChI=1S/C18H27N3/c1-2-8-18-20-15-10-6-7-12-17(15)21(18)16-11-5-3-4-9-14(16)13-19/h6-7,10,12,14,16H,2-5,8-9,11,13,19H2,1H3. The van der Waals surface area contributed by atoms with E-state index in [0.29, 0.717) is 12.0 Å². The summed E-state index contributed by atoms with van der Waals surface area (Å²) in [6, 6.07) is 9.11. The molecule has 3 rings (SSSR count). The predicted molar refractivity (Wildman–Crippen MR) is 88.4 cm³/mol. The van der Waals surface area contributed by atoms with Crippen LogP contribution in [0.15, 0.2) is 24.3 Å². The molecule has 1 saturated carbocycles. The zero-order valence-electron chi connectivity index (χ0n) is 13.1. The molecule has 1 aromatic heterocycles. The molecule has 0 saturated heterocycles. The lowest BCUT2D eigenvalue weighted by Crippen LogP contribution is -2.26. The monoisotopic (exact) mass is 285 g/mol. The second kappa shape index (κ2) is 6.61. The van der Waals surface area contributed by atoms with E-state index in [1.807, 2.05) is 0 Å². The summed E-state index contributed by atoms with van der Waals surface area (Å²) in [5, 5.41) is 0. The molecule has 0 radical (unpaired) electrons. The van der Waals surface area contributed by atoms with Crippen LogP contribution in [0.5, 0.6) is 0 Å². The van der Waals surface area contributed by atoms with Gasteiger partial charge < -0.3 is 10.3 Å². The molecular weight excluding hydrogens is 258 g/mol. The zero-order chi connectivity index (χ0) is 14.7. The Labute approximate surface area is 127 Å². The number of nitrogens with two attached hydrogens (primary N) is 1. The first-order valence-electron chi connectivity index (χ1n) is 8.51. The number of rotatable bonds is 4.